The van der Waals surface area contributed by atoms with Crippen LogP contribution in [0.2, 0.25) is 0 Å². The average Bonchev–Trinajstić information content (AvgIpc) is 2.93. The number of ether oxygens (including phenoxy) is 1. The van der Waals surface area contributed by atoms with Gasteiger partial charge >= 0.3 is 0 Å². The first-order valence-corrected chi connectivity index (χ1v) is 7.07. The highest BCUT2D eigenvalue weighted by molar-refractivity contribution is 4.90. The van der Waals surface area contributed by atoms with E-state index in [1.54, 1.807) is 0 Å². The molecule has 2 aliphatic rings. The van der Waals surface area contributed by atoms with Crippen LogP contribution in [0.3, 0.4) is 0 Å². The summed E-state index contributed by atoms with van der Waals surface area (Å²) < 4.78 is 6.19. The van der Waals surface area contributed by atoms with Crippen LogP contribution in [0.1, 0.15) is 52.4 Å². The molecule has 2 N–H and O–H groups in total. The Kier molecular flexibility index (Phi) is 3.91. The second-order valence-electron chi connectivity index (χ2n) is 5.84. The van der Waals surface area contributed by atoms with Crippen molar-refractivity contribution in [2.45, 2.75) is 58.0 Å². The number of hydrogen-bond acceptors (Lipinski definition) is 2. The van der Waals surface area contributed by atoms with Crippen LogP contribution in [-0.2, 0) is 4.74 Å². The first-order valence-electron chi connectivity index (χ1n) is 7.07. The number of hydrogen-bond donors (Lipinski definition) is 1. The van der Waals surface area contributed by atoms with Gasteiger partial charge in [-0.1, -0.05) is 20.3 Å². The van der Waals surface area contributed by atoms with Gasteiger partial charge < -0.3 is 10.5 Å². The lowest BCUT2D eigenvalue weighted by molar-refractivity contribution is -0.0664. The maximum absolute atomic E-state index is 6.19. The topological polar surface area (TPSA) is 35.2 Å². The molecule has 0 aliphatic heterocycles. The molecule has 16 heavy (non-hydrogen) atoms. The van der Waals surface area contributed by atoms with E-state index in [2.05, 4.69) is 13.8 Å². The predicted molar refractivity (Wildman–Crippen MR) is 67.3 cm³/mol. The van der Waals surface area contributed by atoms with Crippen molar-refractivity contribution in [3.63, 3.8) is 0 Å². The highest BCUT2D eigenvalue weighted by atomic mass is 16.5. The molecule has 94 valence electrons. The van der Waals surface area contributed by atoms with Crippen molar-refractivity contribution >= 4 is 0 Å². The second-order valence-corrected chi connectivity index (χ2v) is 5.84. The van der Waals surface area contributed by atoms with E-state index >= 15 is 0 Å². The maximum Gasteiger partial charge on any atom is 0.0799 e. The molecule has 0 heterocycles. The van der Waals surface area contributed by atoms with E-state index < -0.39 is 0 Å². The summed E-state index contributed by atoms with van der Waals surface area (Å²) >= 11 is 0. The molecule has 2 nitrogen and oxygen atoms in total. The molecule has 3 atom stereocenters. The van der Waals surface area contributed by atoms with Gasteiger partial charge in [-0.05, 0) is 49.9 Å². The smallest absolute Gasteiger partial charge is 0.0799 e. The molecule has 3 unspecified atom stereocenters. The van der Waals surface area contributed by atoms with Gasteiger partial charge in [0.15, 0.2) is 0 Å². The fourth-order valence-electron chi connectivity index (χ4n) is 3.67. The molecule has 2 fully saturated rings. The summed E-state index contributed by atoms with van der Waals surface area (Å²) in [5.41, 5.74) is 5.82. The number of rotatable bonds is 6. The highest BCUT2D eigenvalue weighted by Crippen LogP contribution is 2.48. The molecule has 0 aromatic heterocycles. The molecule has 2 aliphatic carbocycles. The minimum Gasteiger partial charge on any atom is -0.373 e. The molecule has 0 saturated heterocycles. The zero-order chi connectivity index (χ0) is 11.6. The quantitative estimate of drug-likeness (QED) is 0.754. The Labute approximate surface area is 99.9 Å². The molecule has 0 amide bonds. The minimum atomic E-state index is -0.0398. The summed E-state index contributed by atoms with van der Waals surface area (Å²) in [6.45, 7) is 6.01. The van der Waals surface area contributed by atoms with E-state index in [4.69, 9.17) is 10.5 Å². The lowest BCUT2D eigenvalue weighted by Crippen LogP contribution is -2.41. The SMILES string of the molecule is CCC(CC)(CN)OCC1CC2CCC1C2. The maximum atomic E-state index is 6.19. The third-order valence-electron chi connectivity index (χ3n) is 5.15. The largest absolute Gasteiger partial charge is 0.373 e. The third kappa shape index (κ3) is 2.28. The minimum absolute atomic E-state index is 0.0398. The molecule has 0 aromatic rings. The van der Waals surface area contributed by atoms with Gasteiger partial charge in [0.1, 0.15) is 0 Å². The van der Waals surface area contributed by atoms with Crippen molar-refractivity contribution in [1.29, 1.82) is 0 Å². The van der Waals surface area contributed by atoms with Gasteiger partial charge in [-0.2, -0.15) is 0 Å². The van der Waals surface area contributed by atoms with Crippen molar-refractivity contribution in [3.8, 4) is 0 Å². The molecule has 2 heteroatoms. The molecular formula is C14H27NO. The van der Waals surface area contributed by atoms with Crippen LogP contribution < -0.4 is 5.73 Å². The van der Waals surface area contributed by atoms with Gasteiger partial charge in [0.05, 0.1) is 12.2 Å². The monoisotopic (exact) mass is 225 g/mol. The van der Waals surface area contributed by atoms with Gasteiger partial charge in [-0.3, -0.25) is 0 Å². The zero-order valence-electron chi connectivity index (χ0n) is 10.9. The normalized spacial score (nSPS) is 33.6. The van der Waals surface area contributed by atoms with E-state index in [9.17, 15) is 0 Å². The zero-order valence-corrected chi connectivity index (χ0v) is 10.9. The van der Waals surface area contributed by atoms with Crippen LogP contribution in [0.5, 0.6) is 0 Å². The molecule has 2 rings (SSSR count). The Morgan fingerprint density at radius 1 is 1.19 bits per heavy atom. The number of fused-ring (bicyclic) bond motifs is 2. The summed E-state index contributed by atoms with van der Waals surface area (Å²) in [6.07, 6.45) is 7.90. The molecule has 0 spiro atoms. The highest BCUT2D eigenvalue weighted by Gasteiger charge is 2.40. The Morgan fingerprint density at radius 2 is 1.94 bits per heavy atom. The first kappa shape index (κ1) is 12.4. The van der Waals surface area contributed by atoms with Crippen molar-refractivity contribution in [2.24, 2.45) is 23.5 Å². The molecule has 2 saturated carbocycles. The van der Waals surface area contributed by atoms with Crippen LogP contribution in [0.25, 0.3) is 0 Å². The van der Waals surface area contributed by atoms with Gasteiger partial charge in [-0.25, -0.2) is 0 Å². The van der Waals surface area contributed by atoms with E-state index in [0.717, 1.165) is 37.2 Å². The van der Waals surface area contributed by atoms with E-state index in [1.807, 2.05) is 0 Å². The van der Waals surface area contributed by atoms with Gasteiger partial charge in [0.2, 0.25) is 0 Å². The Bertz CT molecular complexity index is 217. The van der Waals surface area contributed by atoms with Crippen molar-refractivity contribution in [3.05, 3.63) is 0 Å². The molecule has 2 bridgehead atoms. The Morgan fingerprint density at radius 3 is 2.38 bits per heavy atom. The molecule has 0 radical (unpaired) electrons. The lowest BCUT2D eigenvalue weighted by atomic mass is 9.89. The molecule has 0 aromatic carbocycles. The van der Waals surface area contributed by atoms with Crippen LogP contribution in [0.4, 0.5) is 0 Å². The van der Waals surface area contributed by atoms with Crippen LogP contribution in [0, 0.1) is 17.8 Å². The number of nitrogens with two attached hydrogens (primary N) is 1. The van der Waals surface area contributed by atoms with E-state index in [1.165, 1.54) is 25.7 Å². The van der Waals surface area contributed by atoms with Crippen molar-refractivity contribution in [2.75, 3.05) is 13.2 Å². The van der Waals surface area contributed by atoms with Crippen LogP contribution in [-0.4, -0.2) is 18.8 Å². The molecular weight excluding hydrogens is 198 g/mol. The summed E-state index contributed by atoms with van der Waals surface area (Å²) in [6, 6.07) is 0. The fraction of sp³-hybridized carbons (Fsp3) is 1.00. The fourth-order valence-corrected chi connectivity index (χ4v) is 3.67. The van der Waals surface area contributed by atoms with E-state index in [-0.39, 0.29) is 5.60 Å². The second kappa shape index (κ2) is 5.05. The van der Waals surface area contributed by atoms with Crippen LogP contribution >= 0.6 is 0 Å². The van der Waals surface area contributed by atoms with Gasteiger partial charge in [0.25, 0.3) is 0 Å². The first-order chi connectivity index (χ1) is 7.73. The van der Waals surface area contributed by atoms with Gasteiger partial charge in [0, 0.05) is 6.54 Å². The lowest BCUT2D eigenvalue weighted by Gasteiger charge is -2.33. The van der Waals surface area contributed by atoms with Crippen molar-refractivity contribution < 1.29 is 4.74 Å². The summed E-state index contributed by atoms with van der Waals surface area (Å²) in [4.78, 5) is 0. The summed E-state index contributed by atoms with van der Waals surface area (Å²) in [5, 5.41) is 0. The Balaban J connectivity index is 1.82. The average molecular weight is 225 g/mol. The third-order valence-corrected chi connectivity index (χ3v) is 5.15. The summed E-state index contributed by atoms with van der Waals surface area (Å²) in [5.74, 6) is 2.83. The van der Waals surface area contributed by atoms with E-state index in [0.29, 0.717) is 6.54 Å². The standard InChI is InChI=1S/C14H27NO/c1-3-14(4-2,10-15)16-9-13-8-11-5-6-12(13)7-11/h11-13H,3-10,15H2,1-2H3. The van der Waals surface area contributed by atoms with Crippen LogP contribution in [0.15, 0.2) is 0 Å². The van der Waals surface area contributed by atoms with Crippen molar-refractivity contribution in [1.82, 2.24) is 0 Å². The predicted octanol–water partition coefficient (Wildman–Crippen LogP) is 2.96. The van der Waals surface area contributed by atoms with Gasteiger partial charge in [-0.15, -0.1) is 0 Å². The Hall–Kier alpha value is -0.0800. The summed E-state index contributed by atoms with van der Waals surface area (Å²) in [7, 11) is 0.